The Hall–Kier alpha value is -2.52. The summed E-state index contributed by atoms with van der Waals surface area (Å²) in [4.78, 5) is 10.7. The Kier molecular flexibility index (Phi) is 6.18. The average Bonchev–Trinajstić information content (AvgIpc) is 2.67. The number of halogens is 2. The molecule has 1 atom stereocenters. The molecule has 1 fully saturated rings. The molecule has 156 valence electrons. The molecule has 1 saturated heterocycles. The van der Waals surface area contributed by atoms with Crippen LogP contribution in [0.25, 0.3) is 0 Å². The third-order valence-electron chi connectivity index (χ3n) is 4.98. The summed E-state index contributed by atoms with van der Waals surface area (Å²) in [7, 11) is -4.44. The number of carbonyl (C=O) groups is 1. The molecule has 0 saturated carbocycles. The van der Waals surface area contributed by atoms with Crippen LogP contribution in [0.4, 0.5) is 8.78 Å². The summed E-state index contributed by atoms with van der Waals surface area (Å²) in [6, 6.07) is 11.8. The average molecular weight is 424 g/mol. The molecule has 0 aliphatic carbocycles. The zero-order valence-corrected chi connectivity index (χ0v) is 16.5. The van der Waals surface area contributed by atoms with E-state index in [1.54, 1.807) is 24.3 Å². The molecular weight excluding hydrogens is 402 g/mol. The lowest BCUT2D eigenvalue weighted by Gasteiger charge is -2.41. The minimum Gasteiger partial charge on any atom is -0.493 e. The summed E-state index contributed by atoms with van der Waals surface area (Å²) in [5, 5.41) is 0. The van der Waals surface area contributed by atoms with Gasteiger partial charge in [0.2, 0.25) is 15.9 Å². The predicted molar refractivity (Wildman–Crippen MR) is 103 cm³/mol. The number of ether oxygens (including phenoxy) is 1. The van der Waals surface area contributed by atoms with Crippen LogP contribution in [0.1, 0.15) is 19.3 Å². The molecule has 0 unspecified atom stereocenters. The number of sulfonamides is 1. The van der Waals surface area contributed by atoms with Crippen LogP contribution in [0, 0.1) is 17.0 Å². The second kappa shape index (κ2) is 8.46. The van der Waals surface area contributed by atoms with E-state index >= 15 is 0 Å². The van der Waals surface area contributed by atoms with Crippen molar-refractivity contribution in [2.45, 2.75) is 24.2 Å². The van der Waals surface area contributed by atoms with Crippen LogP contribution in [0.2, 0.25) is 0 Å². The molecule has 0 aromatic heterocycles. The number of benzene rings is 2. The van der Waals surface area contributed by atoms with Crippen molar-refractivity contribution in [3.63, 3.8) is 0 Å². The summed E-state index contributed by atoms with van der Waals surface area (Å²) in [5.41, 5.74) is 4.51. The molecule has 3 rings (SSSR count). The van der Waals surface area contributed by atoms with Crippen LogP contribution in [0.15, 0.2) is 53.4 Å². The summed E-state index contributed by atoms with van der Waals surface area (Å²) < 4.78 is 61.0. The highest BCUT2D eigenvalue weighted by atomic mass is 32.2. The molecule has 0 radical (unpaired) electrons. The molecule has 1 aliphatic rings. The van der Waals surface area contributed by atoms with E-state index in [9.17, 15) is 22.0 Å². The Bertz CT molecular complexity index is 965. The molecule has 29 heavy (non-hydrogen) atoms. The third-order valence-corrected chi connectivity index (χ3v) is 6.88. The van der Waals surface area contributed by atoms with Gasteiger partial charge in [-0.05, 0) is 37.1 Å². The Morgan fingerprint density at radius 3 is 2.38 bits per heavy atom. The van der Waals surface area contributed by atoms with Crippen LogP contribution < -0.4 is 10.5 Å². The van der Waals surface area contributed by atoms with Gasteiger partial charge in [-0.25, -0.2) is 17.2 Å². The SMILES string of the molecule is NC(=O)C[C@@]1(COc2ccccc2)CCCN(S(=O)(=O)c2c(F)cccc2F)C1. The van der Waals surface area contributed by atoms with Crippen LogP contribution in [-0.2, 0) is 14.8 Å². The number of hydrogen-bond donors (Lipinski definition) is 1. The van der Waals surface area contributed by atoms with Crippen molar-refractivity contribution in [1.82, 2.24) is 4.31 Å². The summed E-state index contributed by atoms with van der Waals surface area (Å²) in [6.45, 7) is 0.00651. The fourth-order valence-electron chi connectivity index (χ4n) is 3.66. The Labute approximate surface area is 168 Å². The van der Waals surface area contributed by atoms with E-state index in [2.05, 4.69) is 0 Å². The van der Waals surface area contributed by atoms with Crippen molar-refractivity contribution < 1.29 is 26.7 Å². The Morgan fingerprint density at radius 1 is 1.10 bits per heavy atom. The molecular formula is C20H22F2N2O4S. The van der Waals surface area contributed by atoms with Gasteiger partial charge in [-0.3, -0.25) is 4.79 Å². The minimum atomic E-state index is -4.44. The van der Waals surface area contributed by atoms with E-state index in [0.29, 0.717) is 18.6 Å². The molecule has 0 bridgehead atoms. The first kappa shape index (κ1) is 21.2. The second-order valence-corrected chi connectivity index (χ2v) is 9.11. The first-order chi connectivity index (χ1) is 13.7. The van der Waals surface area contributed by atoms with Crippen molar-refractivity contribution in [1.29, 1.82) is 0 Å². The number of nitrogens with zero attached hydrogens (tertiary/aromatic N) is 1. The van der Waals surface area contributed by atoms with Crippen LogP contribution in [0.3, 0.4) is 0 Å². The monoisotopic (exact) mass is 424 g/mol. The van der Waals surface area contributed by atoms with Gasteiger partial charge in [0.05, 0.1) is 6.61 Å². The summed E-state index contributed by atoms with van der Waals surface area (Å²) in [6.07, 6.45) is 0.793. The maximum atomic E-state index is 14.1. The zero-order valence-electron chi connectivity index (χ0n) is 15.7. The number of nitrogens with two attached hydrogens (primary N) is 1. The highest BCUT2D eigenvalue weighted by Gasteiger charge is 2.43. The van der Waals surface area contributed by atoms with Gasteiger partial charge in [0.15, 0.2) is 4.90 Å². The molecule has 0 spiro atoms. The van der Waals surface area contributed by atoms with Gasteiger partial charge in [-0.2, -0.15) is 4.31 Å². The highest BCUT2D eigenvalue weighted by molar-refractivity contribution is 7.89. The predicted octanol–water partition coefficient (Wildman–Crippen LogP) is 2.69. The Balaban J connectivity index is 1.89. The van der Waals surface area contributed by atoms with Gasteiger partial charge in [-0.1, -0.05) is 24.3 Å². The zero-order chi connectivity index (χ0) is 21.1. The number of primary amides is 1. The lowest BCUT2D eigenvalue weighted by molar-refractivity contribution is -0.121. The van der Waals surface area contributed by atoms with Gasteiger partial charge < -0.3 is 10.5 Å². The fraction of sp³-hybridized carbons (Fsp3) is 0.350. The molecule has 2 aromatic carbocycles. The summed E-state index contributed by atoms with van der Waals surface area (Å²) >= 11 is 0. The molecule has 1 heterocycles. The quantitative estimate of drug-likeness (QED) is 0.740. The van der Waals surface area contributed by atoms with Gasteiger partial charge in [0.25, 0.3) is 0 Å². The first-order valence-electron chi connectivity index (χ1n) is 9.14. The lowest BCUT2D eigenvalue weighted by atomic mass is 9.78. The van der Waals surface area contributed by atoms with Crippen LogP contribution in [-0.4, -0.2) is 38.3 Å². The lowest BCUT2D eigenvalue weighted by Crippen LogP contribution is -2.50. The van der Waals surface area contributed by atoms with Crippen molar-refractivity contribution in [3.8, 4) is 5.75 Å². The van der Waals surface area contributed by atoms with E-state index < -0.39 is 37.9 Å². The number of amides is 1. The molecule has 9 heteroatoms. The minimum absolute atomic E-state index is 0.0473. The largest absolute Gasteiger partial charge is 0.493 e. The normalized spacial score (nSPS) is 20.3. The van der Waals surface area contributed by atoms with Crippen LogP contribution in [0.5, 0.6) is 5.75 Å². The molecule has 1 aliphatic heterocycles. The smallest absolute Gasteiger partial charge is 0.248 e. The summed E-state index contributed by atoms with van der Waals surface area (Å²) in [5.74, 6) is -2.34. The van der Waals surface area contributed by atoms with E-state index in [4.69, 9.17) is 10.5 Å². The number of rotatable bonds is 7. The van der Waals surface area contributed by atoms with Gasteiger partial charge in [0, 0.05) is 24.9 Å². The highest BCUT2D eigenvalue weighted by Crippen LogP contribution is 2.37. The number of carbonyl (C=O) groups excluding carboxylic acids is 1. The Morgan fingerprint density at radius 2 is 1.76 bits per heavy atom. The molecule has 2 aromatic rings. The van der Waals surface area contributed by atoms with Crippen molar-refractivity contribution in [2.24, 2.45) is 11.1 Å². The molecule has 1 amide bonds. The van der Waals surface area contributed by atoms with E-state index in [0.717, 1.165) is 22.5 Å². The van der Waals surface area contributed by atoms with Crippen molar-refractivity contribution in [3.05, 3.63) is 60.2 Å². The van der Waals surface area contributed by atoms with Gasteiger partial charge >= 0.3 is 0 Å². The number of hydrogen-bond acceptors (Lipinski definition) is 4. The van der Waals surface area contributed by atoms with Gasteiger partial charge in [-0.15, -0.1) is 0 Å². The fourth-order valence-corrected chi connectivity index (χ4v) is 5.36. The van der Waals surface area contributed by atoms with Crippen LogP contribution >= 0.6 is 0 Å². The van der Waals surface area contributed by atoms with Crippen molar-refractivity contribution in [2.75, 3.05) is 19.7 Å². The molecule has 2 N–H and O–H groups in total. The first-order valence-corrected chi connectivity index (χ1v) is 10.6. The van der Waals surface area contributed by atoms with E-state index in [1.807, 2.05) is 6.07 Å². The number of para-hydroxylation sites is 1. The standard InChI is InChI=1S/C20H22F2N2O4S/c21-16-8-4-9-17(22)19(16)29(26,27)24-11-5-10-20(13-24,12-18(23)25)14-28-15-6-2-1-3-7-15/h1-4,6-9H,5,10-14H2,(H2,23,25)/t20-/m0/s1. The van der Waals surface area contributed by atoms with Crippen molar-refractivity contribution >= 4 is 15.9 Å². The number of piperidine rings is 1. The second-order valence-electron chi connectivity index (χ2n) is 7.24. The van der Waals surface area contributed by atoms with E-state index in [-0.39, 0.29) is 26.1 Å². The maximum absolute atomic E-state index is 14.1. The third kappa shape index (κ3) is 4.73. The van der Waals surface area contributed by atoms with E-state index in [1.165, 1.54) is 0 Å². The van der Waals surface area contributed by atoms with Gasteiger partial charge in [0.1, 0.15) is 17.4 Å². The topological polar surface area (TPSA) is 89.7 Å². The molecule has 6 nitrogen and oxygen atoms in total. The maximum Gasteiger partial charge on any atom is 0.248 e.